The van der Waals surface area contributed by atoms with Crippen molar-refractivity contribution >= 4 is 54.4 Å². The number of anilines is 1. The minimum Gasteiger partial charge on any atom is -0.319 e. The van der Waals surface area contributed by atoms with Crippen molar-refractivity contribution in [1.82, 2.24) is 10.2 Å². The van der Waals surface area contributed by atoms with Crippen molar-refractivity contribution in [1.29, 1.82) is 0 Å². The number of nitrogens with one attached hydrogen (secondary N) is 2. The van der Waals surface area contributed by atoms with Gasteiger partial charge in [-0.15, -0.1) is 0 Å². The molecule has 0 atom stereocenters. The van der Waals surface area contributed by atoms with Crippen LogP contribution in [0.15, 0.2) is 51.4 Å². The fourth-order valence-electron chi connectivity index (χ4n) is 1.91. The highest BCUT2D eigenvalue weighted by molar-refractivity contribution is 9.11. The lowest BCUT2D eigenvalue weighted by atomic mass is 10.2. The zero-order chi connectivity index (χ0) is 14.1. The van der Waals surface area contributed by atoms with Crippen LogP contribution in [0.1, 0.15) is 10.5 Å². The molecule has 6 heteroatoms. The molecule has 2 aromatic carbocycles. The quantitative estimate of drug-likeness (QED) is 0.679. The largest absolute Gasteiger partial charge is 0.319 e. The second kappa shape index (κ2) is 5.38. The molecule has 0 saturated heterocycles. The lowest BCUT2D eigenvalue weighted by molar-refractivity contribution is 0.102. The third-order valence-electron chi connectivity index (χ3n) is 2.86. The van der Waals surface area contributed by atoms with E-state index in [2.05, 4.69) is 47.4 Å². The second-order valence-electron chi connectivity index (χ2n) is 4.20. The number of rotatable bonds is 2. The number of H-pyrrole nitrogens is 1. The summed E-state index contributed by atoms with van der Waals surface area (Å²) in [6.07, 6.45) is 0. The number of nitrogens with zero attached hydrogens (tertiary/aromatic N) is 1. The minimum absolute atomic E-state index is 0.249. The Hall–Kier alpha value is -1.66. The van der Waals surface area contributed by atoms with Crippen LogP contribution in [0.25, 0.3) is 10.9 Å². The molecule has 0 aliphatic rings. The summed E-state index contributed by atoms with van der Waals surface area (Å²) in [7, 11) is 0. The third kappa shape index (κ3) is 2.48. The van der Waals surface area contributed by atoms with Crippen LogP contribution in [0.4, 0.5) is 5.69 Å². The van der Waals surface area contributed by atoms with E-state index in [1.54, 1.807) is 0 Å². The molecule has 0 bridgehead atoms. The van der Waals surface area contributed by atoms with Crippen molar-refractivity contribution in [2.24, 2.45) is 0 Å². The first-order valence-electron chi connectivity index (χ1n) is 5.84. The van der Waals surface area contributed by atoms with E-state index < -0.39 is 0 Å². The van der Waals surface area contributed by atoms with E-state index in [0.717, 1.165) is 19.8 Å². The van der Waals surface area contributed by atoms with Crippen LogP contribution >= 0.6 is 31.9 Å². The summed E-state index contributed by atoms with van der Waals surface area (Å²) < 4.78 is 1.71. The van der Waals surface area contributed by atoms with E-state index in [1.807, 2.05) is 42.5 Å². The predicted octanol–water partition coefficient (Wildman–Crippen LogP) is 4.34. The Kier molecular flexibility index (Phi) is 3.58. The molecule has 1 aromatic heterocycles. The highest BCUT2D eigenvalue weighted by atomic mass is 79.9. The van der Waals surface area contributed by atoms with Gasteiger partial charge in [0, 0.05) is 14.3 Å². The first kappa shape index (κ1) is 13.3. The number of aromatic amines is 1. The number of hydrogen-bond donors (Lipinski definition) is 2. The van der Waals surface area contributed by atoms with E-state index in [-0.39, 0.29) is 5.91 Å². The molecule has 0 radical (unpaired) electrons. The second-order valence-corrected chi connectivity index (χ2v) is 5.97. The maximum atomic E-state index is 12.3. The fraction of sp³-hybridized carbons (Fsp3) is 0. The molecule has 1 heterocycles. The number of para-hydroxylation sites is 1. The molecule has 0 spiro atoms. The molecule has 0 saturated carbocycles. The van der Waals surface area contributed by atoms with E-state index in [4.69, 9.17) is 0 Å². The molecule has 0 aliphatic carbocycles. The van der Waals surface area contributed by atoms with Crippen molar-refractivity contribution in [2.75, 3.05) is 5.32 Å². The Labute approximate surface area is 131 Å². The van der Waals surface area contributed by atoms with E-state index in [9.17, 15) is 4.79 Å². The summed E-state index contributed by atoms with van der Waals surface area (Å²) in [5, 5.41) is 10.6. The lowest BCUT2D eigenvalue weighted by Gasteiger charge is -2.06. The van der Waals surface area contributed by atoms with Crippen molar-refractivity contribution < 1.29 is 4.79 Å². The standard InChI is InChI=1S/C14H9Br2N3O/c15-8-5-6-10(16)12(7-8)17-14(20)13-9-3-1-2-4-11(9)18-19-13/h1-7H,(H,17,20)(H,18,19). The molecule has 0 unspecified atom stereocenters. The van der Waals surface area contributed by atoms with Crippen LogP contribution in [0.5, 0.6) is 0 Å². The van der Waals surface area contributed by atoms with Crippen molar-refractivity contribution in [2.45, 2.75) is 0 Å². The number of aromatic nitrogens is 2. The third-order valence-corrected chi connectivity index (χ3v) is 4.05. The number of amides is 1. The minimum atomic E-state index is -0.249. The molecular formula is C14H9Br2N3O. The molecule has 0 aliphatic heterocycles. The zero-order valence-electron chi connectivity index (χ0n) is 10.2. The van der Waals surface area contributed by atoms with Crippen LogP contribution < -0.4 is 5.32 Å². The number of hydrogen-bond acceptors (Lipinski definition) is 2. The number of benzene rings is 2. The fourth-order valence-corrected chi connectivity index (χ4v) is 2.62. The van der Waals surface area contributed by atoms with Gasteiger partial charge < -0.3 is 5.32 Å². The molecule has 4 nitrogen and oxygen atoms in total. The summed E-state index contributed by atoms with van der Waals surface area (Å²) in [5.41, 5.74) is 1.91. The average Bonchev–Trinajstić information content (AvgIpc) is 2.87. The monoisotopic (exact) mass is 393 g/mol. The molecule has 100 valence electrons. The summed E-state index contributed by atoms with van der Waals surface area (Å²) in [5.74, 6) is -0.249. The first-order valence-corrected chi connectivity index (χ1v) is 7.43. The van der Waals surface area contributed by atoms with Crippen LogP contribution in [-0.4, -0.2) is 16.1 Å². The average molecular weight is 395 g/mol. The predicted molar refractivity (Wildman–Crippen MR) is 85.9 cm³/mol. The van der Waals surface area contributed by atoms with Crippen LogP contribution in [0.2, 0.25) is 0 Å². The Morgan fingerprint density at radius 2 is 1.95 bits per heavy atom. The van der Waals surface area contributed by atoms with Gasteiger partial charge in [-0.2, -0.15) is 5.10 Å². The molecular weight excluding hydrogens is 386 g/mol. The van der Waals surface area contributed by atoms with Gasteiger partial charge in [0.1, 0.15) is 0 Å². The summed E-state index contributed by atoms with van der Waals surface area (Å²) in [6, 6.07) is 13.1. The van der Waals surface area contributed by atoms with Gasteiger partial charge in [-0.3, -0.25) is 9.89 Å². The van der Waals surface area contributed by atoms with Gasteiger partial charge >= 0.3 is 0 Å². The van der Waals surface area contributed by atoms with E-state index >= 15 is 0 Å². The molecule has 1 amide bonds. The SMILES string of the molecule is O=C(Nc1cc(Br)ccc1Br)c1n[nH]c2ccccc12. The van der Waals surface area contributed by atoms with Gasteiger partial charge in [0.15, 0.2) is 5.69 Å². The Balaban J connectivity index is 1.95. The number of halogens is 2. The van der Waals surface area contributed by atoms with Gasteiger partial charge in [-0.05, 0) is 40.2 Å². The topological polar surface area (TPSA) is 57.8 Å². The van der Waals surface area contributed by atoms with Crippen LogP contribution in [0.3, 0.4) is 0 Å². The molecule has 0 fully saturated rings. The van der Waals surface area contributed by atoms with Crippen molar-refractivity contribution in [3.8, 4) is 0 Å². The van der Waals surface area contributed by atoms with Gasteiger partial charge in [-0.25, -0.2) is 0 Å². The van der Waals surface area contributed by atoms with Gasteiger partial charge in [-0.1, -0.05) is 34.1 Å². The number of fused-ring (bicyclic) bond motifs is 1. The molecule has 20 heavy (non-hydrogen) atoms. The zero-order valence-corrected chi connectivity index (χ0v) is 13.3. The van der Waals surface area contributed by atoms with Crippen molar-refractivity contribution in [3.63, 3.8) is 0 Å². The smallest absolute Gasteiger partial charge is 0.276 e. The van der Waals surface area contributed by atoms with Crippen LogP contribution in [-0.2, 0) is 0 Å². The van der Waals surface area contributed by atoms with Gasteiger partial charge in [0.25, 0.3) is 5.91 Å². The van der Waals surface area contributed by atoms with E-state index in [1.165, 1.54) is 0 Å². The Morgan fingerprint density at radius 3 is 2.80 bits per heavy atom. The number of carbonyl (C=O) groups excluding carboxylic acids is 1. The van der Waals surface area contributed by atoms with Crippen molar-refractivity contribution in [3.05, 3.63) is 57.1 Å². The highest BCUT2D eigenvalue weighted by Gasteiger charge is 2.15. The maximum Gasteiger partial charge on any atom is 0.276 e. The molecule has 3 rings (SSSR count). The Bertz CT molecular complexity index is 798. The summed E-state index contributed by atoms with van der Waals surface area (Å²) in [6.45, 7) is 0. The normalized spacial score (nSPS) is 10.7. The van der Waals surface area contributed by atoms with Crippen LogP contribution in [0, 0.1) is 0 Å². The molecule has 3 aromatic rings. The van der Waals surface area contributed by atoms with Gasteiger partial charge in [0.05, 0.1) is 11.2 Å². The van der Waals surface area contributed by atoms with E-state index in [0.29, 0.717) is 11.4 Å². The lowest BCUT2D eigenvalue weighted by Crippen LogP contribution is -2.13. The highest BCUT2D eigenvalue weighted by Crippen LogP contribution is 2.27. The molecule has 2 N–H and O–H groups in total. The summed E-state index contributed by atoms with van der Waals surface area (Å²) >= 11 is 6.79. The van der Waals surface area contributed by atoms with Gasteiger partial charge in [0.2, 0.25) is 0 Å². The first-order chi connectivity index (χ1) is 9.65. The number of carbonyl (C=O) groups is 1. The Morgan fingerprint density at radius 1 is 1.15 bits per heavy atom. The maximum absolute atomic E-state index is 12.3. The summed E-state index contributed by atoms with van der Waals surface area (Å²) in [4.78, 5) is 12.3.